The molecule has 0 aliphatic heterocycles. The molecule has 1 aliphatic rings. The standard InChI is InChI=1S/C29H50N2S/c1-3-5-7-9-10-12-13-15-25-17-19-26(20-18-25)21-22-27-23-31-24-28(32-29(31)30-27)16-14-11-8-6-4-2/h23-26H,3-22H2,1-2H3/t25-,26-. The van der Waals surface area contributed by atoms with E-state index >= 15 is 0 Å². The molecule has 0 saturated heterocycles. The molecule has 0 unspecified atom stereocenters. The van der Waals surface area contributed by atoms with E-state index < -0.39 is 0 Å². The van der Waals surface area contributed by atoms with E-state index in [1.165, 1.54) is 144 Å². The fraction of sp³-hybridized carbons (Fsp3) is 0.828. The Bertz CT molecular complexity index is 691. The van der Waals surface area contributed by atoms with Gasteiger partial charge in [-0.3, -0.25) is 4.40 Å². The second-order valence-electron chi connectivity index (χ2n) is 10.6. The maximum atomic E-state index is 4.95. The van der Waals surface area contributed by atoms with Crippen molar-refractivity contribution in [1.82, 2.24) is 9.38 Å². The SMILES string of the molecule is CCCCCCCCC[C@H]1CC[C@H](CCc2cn3cc(CCCCCCC)sc3n2)CC1. The molecule has 0 amide bonds. The zero-order chi connectivity index (χ0) is 22.4. The number of fused-ring (bicyclic) bond motifs is 1. The van der Waals surface area contributed by atoms with Gasteiger partial charge in [0, 0.05) is 17.3 Å². The molecule has 32 heavy (non-hydrogen) atoms. The van der Waals surface area contributed by atoms with Crippen LogP contribution in [0.15, 0.2) is 12.4 Å². The first kappa shape index (κ1) is 25.8. The first-order valence-corrected chi connectivity index (χ1v) is 15.1. The molecule has 0 bridgehead atoms. The van der Waals surface area contributed by atoms with Crippen LogP contribution in [0, 0.1) is 11.8 Å². The third-order valence-electron chi connectivity index (χ3n) is 7.77. The minimum Gasteiger partial charge on any atom is -0.297 e. The molecule has 182 valence electrons. The van der Waals surface area contributed by atoms with Crippen molar-refractivity contribution in [1.29, 1.82) is 0 Å². The topological polar surface area (TPSA) is 17.3 Å². The van der Waals surface area contributed by atoms with Gasteiger partial charge in [-0.1, -0.05) is 117 Å². The van der Waals surface area contributed by atoms with Crippen molar-refractivity contribution in [2.75, 3.05) is 0 Å². The lowest BCUT2D eigenvalue weighted by Gasteiger charge is -2.28. The summed E-state index contributed by atoms with van der Waals surface area (Å²) >= 11 is 1.91. The van der Waals surface area contributed by atoms with Crippen molar-refractivity contribution in [3.05, 3.63) is 23.0 Å². The number of unbranched alkanes of at least 4 members (excludes halogenated alkanes) is 10. The van der Waals surface area contributed by atoms with Crippen LogP contribution in [0.2, 0.25) is 0 Å². The van der Waals surface area contributed by atoms with Crippen LogP contribution in [0.5, 0.6) is 0 Å². The van der Waals surface area contributed by atoms with Gasteiger partial charge in [-0.25, -0.2) is 4.98 Å². The lowest BCUT2D eigenvalue weighted by molar-refractivity contribution is 0.248. The normalized spacial score (nSPS) is 19.2. The lowest BCUT2D eigenvalue weighted by atomic mass is 9.78. The minimum atomic E-state index is 0.943. The van der Waals surface area contributed by atoms with E-state index in [0.29, 0.717) is 0 Å². The van der Waals surface area contributed by atoms with Crippen LogP contribution in [-0.4, -0.2) is 9.38 Å². The number of hydrogen-bond donors (Lipinski definition) is 0. The maximum Gasteiger partial charge on any atom is 0.194 e. The van der Waals surface area contributed by atoms with Crippen LogP contribution in [0.3, 0.4) is 0 Å². The molecule has 1 saturated carbocycles. The number of nitrogens with zero attached hydrogens (tertiary/aromatic N) is 2. The number of thiazole rings is 1. The summed E-state index contributed by atoms with van der Waals surface area (Å²) in [6.07, 6.45) is 32.8. The van der Waals surface area contributed by atoms with Crippen LogP contribution in [0.1, 0.15) is 140 Å². The second-order valence-corrected chi connectivity index (χ2v) is 11.7. The summed E-state index contributed by atoms with van der Waals surface area (Å²) in [4.78, 5) is 7.67. The molecule has 0 atom stereocenters. The molecule has 0 aromatic carbocycles. The number of imidazole rings is 1. The van der Waals surface area contributed by atoms with Gasteiger partial charge in [0.25, 0.3) is 0 Å². The molecule has 3 heteroatoms. The van der Waals surface area contributed by atoms with Crippen LogP contribution < -0.4 is 0 Å². The number of hydrogen-bond acceptors (Lipinski definition) is 2. The van der Waals surface area contributed by atoms with Crippen LogP contribution in [0.25, 0.3) is 4.96 Å². The molecule has 0 radical (unpaired) electrons. The highest BCUT2D eigenvalue weighted by molar-refractivity contribution is 7.17. The molecule has 1 fully saturated rings. The molecule has 2 nitrogen and oxygen atoms in total. The largest absolute Gasteiger partial charge is 0.297 e. The van der Waals surface area contributed by atoms with Crippen molar-refractivity contribution in [2.45, 2.75) is 142 Å². The Morgan fingerprint density at radius 1 is 0.719 bits per heavy atom. The van der Waals surface area contributed by atoms with Crippen molar-refractivity contribution < 1.29 is 0 Å². The molecule has 3 rings (SSSR count). The fourth-order valence-corrected chi connectivity index (χ4v) is 6.60. The van der Waals surface area contributed by atoms with Crippen molar-refractivity contribution >= 4 is 16.3 Å². The molecule has 0 N–H and O–H groups in total. The van der Waals surface area contributed by atoms with E-state index in [4.69, 9.17) is 4.98 Å². The molecule has 2 heterocycles. The summed E-state index contributed by atoms with van der Waals surface area (Å²) in [6.45, 7) is 4.59. The summed E-state index contributed by atoms with van der Waals surface area (Å²) in [6, 6.07) is 0. The Labute approximate surface area is 202 Å². The summed E-state index contributed by atoms with van der Waals surface area (Å²) < 4.78 is 2.29. The van der Waals surface area contributed by atoms with E-state index in [9.17, 15) is 0 Å². The molecule has 1 aliphatic carbocycles. The Hall–Kier alpha value is -0.830. The predicted octanol–water partition coefficient (Wildman–Crippen LogP) is 9.79. The monoisotopic (exact) mass is 458 g/mol. The Morgan fingerprint density at radius 3 is 1.97 bits per heavy atom. The van der Waals surface area contributed by atoms with Gasteiger partial charge in [-0.2, -0.15) is 0 Å². The van der Waals surface area contributed by atoms with Gasteiger partial charge in [0.2, 0.25) is 0 Å². The zero-order valence-corrected chi connectivity index (χ0v) is 22.1. The first-order chi connectivity index (χ1) is 15.8. The summed E-state index contributed by atoms with van der Waals surface area (Å²) in [5.74, 6) is 1.97. The highest BCUT2D eigenvalue weighted by Gasteiger charge is 2.21. The van der Waals surface area contributed by atoms with Crippen LogP contribution >= 0.6 is 11.3 Å². The van der Waals surface area contributed by atoms with E-state index in [-0.39, 0.29) is 0 Å². The average Bonchev–Trinajstić information content (AvgIpc) is 3.36. The molecular weight excluding hydrogens is 408 g/mol. The highest BCUT2D eigenvalue weighted by atomic mass is 32.1. The summed E-state index contributed by atoms with van der Waals surface area (Å²) in [5, 5.41) is 0. The number of rotatable bonds is 17. The van der Waals surface area contributed by atoms with Gasteiger partial charge >= 0.3 is 0 Å². The highest BCUT2D eigenvalue weighted by Crippen LogP contribution is 2.34. The maximum absolute atomic E-state index is 4.95. The lowest BCUT2D eigenvalue weighted by Crippen LogP contribution is -2.15. The van der Waals surface area contributed by atoms with E-state index in [2.05, 4.69) is 30.6 Å². The zero-order valence-electron chi connectivity index (χ0n) is 21.3. The number of aryl methyl sites for hydroxylation is 2. The van der Waals surface area contributed by atoms with Crippen molar-refractivity contribution in [3.8, 4) is 0 Å². The van der Waals surface area contributed by atoms with E-state index in [1.54, 1.807) is 0 Å². The van der Waals surface area contributed by atoms with Crippen LogP contribution in [0.4, 0.5) is 0 Å². The van der Waals surface area contributed by atoms with Gasteiger partial charge < -0.3 is 0 Å². The number of aromatic nitrogens is 2. The van der Waals surface area contributed by atoms with Crippen molar-refractivity contribution in [3.63, 3.8) is 0 Å². The molecule has 0 spiro atoms. The van der Waals surface area contributed by atoms with Gasteiger partial charge in [-0.05, 0) is 37.5 Å². The van der Waals surface area contributed by atoms with Crippen LogP contribution in [-0.2, 0) is 12.8 Å². The average molecular weight is 459 g/mol. The Balaban J connectivity index is 1.26. The van der Waals surface area contributed by atoms with E-state index in [1.807, 2.05) is 11.3 Å². The first-order valence-electron chi connectivity index (χ1n) is 14.2. The van der Waals surface area contributed by atoms with Crippen molar-refractivity contribution in [2.24, 2.45) is 11.8 Å². The second kappa shape index (κ2) is 15.1. The smallest absolute Gasteiger partial charge is 0.194 e. The quantitative estimate of drug-likeness (QED) is 0.216. The van der Waals surface area contributed by atoms with Gasteiger partial charge in [0.15, 0.2) is 4.96 Å². The fourth-order valence-electron chi connectivity index (χ4n) is 5.58. The van der Waals surface area contributed by atoms with Gasteiger partial charge in [-0.15, -0.1) is 11.3 Å². The summed E-state index contributed by atoms with van der Waals surface area (Å²) in [7, 11) is 0. The Morgan fingerprint density at radius 2 is 1.31 bits per heavy atom. The van der Waals surface area contributed by atoms with E-state index in [0.717, 1.165) is 11.8 Å². The summed E-state index contributed by atoms with van der Waals surface area (Å²) in [5.41, 5.74) is 1.32. The molecule has 2 aromatic rings. The third kappa shape index (κ3) is 9.20. The molecule has 2 aromatic heterocycles. The third-order valence-corrected chi connectivity index (χ3v) is 8.83. The van der Waals surface area contributed by atoms with Gasteiger partial charge in [0.05, 0.1) is 5.69 Å². The predicted molar refractivity (Wildman–Crippen MR) is 142 cm³/mol. The van der Waals surface area contributed by atoms with Gasteiger partial charge in [0.1, 0.15) is 0 Å². The molecular formula is C29H50N2S. The minimum absolute atomic E-state index is 0.943. The Kier molecular flexibility index (Phi) is 12.2.